The minimum absolute atomic E-state index is 0.707. The molecule has 1 aromatic rings. The Balaban J connectivity index is 2.14. The second-order valence-corrected chi connectivity index (χ2v) is 6.59. The van der Waals surface area contributed by atoms with E-state index in [9.17, 15) is 0 Å². The zero-order chi connectivity index (χ0) is 13.0. The number of rotatable bonds is 3. The lowest BCUT2D eigenvalue weighted by molar-refractivity contribution is 0.552. The monoisotopic (exact) mass is 373 g/mol. The van der Waals surface area contributed by atoms with E-state index in [1.807, 2.05) is 0 Å². The lowest BCUT2D eigenvalue weighted by Gasteiger charge is -2.30. The van der Waals surface area contributed by atoms with E-state index in [2.05, 4.69) is 62.0 Å². The highest BCUT2D eigenvalue weighted by molar-refractivity contribution is 9.10. The molecule has 0 heterocycles. The van der Waals surface area contributed by atoms with Gasteiger partial charge < -0.3 is 4.90 Å². The van der Waals surface area contributed by atoms with Crippen molar-refractivity contribution in [3.8, 4) is 0 Å². The zero-order valence-corrected chi connectivity index (χ0v) is 14.1. The van der Waals surface area contributed by atoms with Crippen LogP contribution in [-0.4, -0.2) is 13.1 Å². The van der Waals surface area contributed by atoms with Crippen LogP contribution < -0.4 is 4.90 Å². The summed E-state index contributed by atoms with van der Waals surface area (Å²) in [7, 11) is 2.24. The van der Waals surface area contributed by atoms with Gasteiger partial charge in [-0.25, -0.2) is 0 Å². The minimum Gasteiger partial charge on any atom is -0.371 e. The maximum atomic E-state index is 3.71. The van der Waals surface area contributed by atoms with Crippen molar-refractivity contribution in [2.45, 2.75) is 49.9 Å². The number of anilines is 1. The molecule has 2 rings (SSSR count). The van der Waals surface area contributed by atoms with Crippen molar-refractivity contribution >= 4 is 37.5 Å². The molecule has 0 radical (unpaired) electrons. The average Bonchev–Trinajstić information content (AvgIpc) is 2.66. The van der Waals surface area contributed by atoms with E-state index in [1.54, 1.807) is 0 Å². The molecule has 0 bridgehead atoms. The average molecular weight is 375 g/mol. The molecule has 0 aliphatic heterocycles. The number of nitrogens with zero attached hydrogens (tertiary/aromatic N) is 1. The third-order valence-corrected chi connectivity index (χ3v) is 5.20. The molecule has 0 N–H and O–H groups in total. The molecule has 1 aromatic carbocycles. The first kappa shape index (κ1) is 14.4. The molecule has 0 saturated heterocycles. The van der Waals surface area contributed by atoms with Gasteiger partial charge in [-0.1, -0.05) is 47.7 Å². The van der Waals surface area contributed by atoms with E-state index in [0.29, 0.717) is 6.04 Å². The van der Waals surface area contributed by atoms with Crippen LogP contribution in [0.4, 0.5) is 5.69 Å². The van der Waals surface area contributed by atoms with Crippen LogP contribution in [-0.2, 0) is 5.33 Å². The summed E-state index contributed by atoms with van der Waals surface area (Å²) in [6.45, 7) is 0. The lowest BCUT2D eigenvalue weighted by atomic mass is 10.1. The summed E-state index contributed by atoms with van der Waals surface area (Å²) in [5.41, 5.74) is 2.64. The number of halogens is 2. The van der Waals surface area contributed by atoms with Gasteiger partial charge in [-0.3, -0.25) is 0 Å². The van der Waals surface area contributed by atoms with E-state index in [0.717, 1.165) is 5.33 Å². The van der Waals surface area contributed by atoms with Gasteiger partial charge in [-0.15, -0.1) is 0 Å². The topological polar surface area (TPSA) is 3.24 Å². The lowest BCUT2D eigenvalue weighted by Crippen LogP contribution is -2.31. The number of benzene rings is 1. The van der Waals surface area contributed by atoms with Gasteiger partial charge in [0.25, 0.3) is 0 Å². The predicted octanol–water partition coefficient (Wildman–Crippen LogP) is 5.50. The Bertz CT molecular complexity index is 384. The Morgan fingerprint density at radius 3 is 2.39 bits per heavy atom. The van der Waals surface area contributed by atoms with Gasteiger partial charge in [0.2, 0.25) is 0 Å². The molecule has 3 heteroatoms. The van der Waals surface area contributed by atoms with Gasteiger partial charge in [-0.2, -0.15) is 0 Å². The number of alkyl halides is 1. The highest BCUT2D eigenvalue weighted by atomic mass is 79.9. The Morgan fingerprint density at radius 1 is 1.17 bits per heavy atom. The van der Waals surface area contributed by atoms with Crippen LogP contribution in [0.15, 0.2) is 22.7 Å². The Morgan fingerprint density at radius 2 is 1.83 bits per heavy atom. The SMILES string of the molecule is CN(c1ccc(CBr)cc1Br)C1CCCCCC1. The summed E-state index contributed by atoms with van der Waals surface area (Å²) in [4.78, 5) is 2.47. The summed E-state index contributed by atoms with van der Waals surface area (Å²) in [6.07, 6.45) is 8.26. The highest BCUT2D eigenvalue weighted by Crippen LogP contribution is 2.31. The second kappa shape index (κ2) is 6.95. The van der Waals surface area contributed by atoms with Crippen LogP contribution in [0.2, 0.25) is 0 Å². The van der Waals surface area contributed by atoms with Gasteiger partial charge >= 0.3 is 0 Å². The standard InChI is InChI=1S/C15H21Br2N/c1-18(13-6-4-2-3-5-7-13)15-9-8-12(11-16)10-14(15)17/h8-10,13H,2-7,11H2,1H3. The summed E-state index contributed by atoms with van der Waals surface area (Å²) in [5.74, 6) is 0. The third kappa shape index (κ3) is 3.51. The van der Waals surface area contributed by atoms with E-state index >= 15 is 0 Å². The molecule has 0 spiro atoms. The van der Waals surface area contributed by atoms with Gasteiger partial charge in [0.15, 0.2) is 0 Å². The fourth-order valence-corrected chi connectivity index (χ4v) is 3.82. The van der Waals surface area contributed by atoms with Crippen LogP contribution >= 0.6 is 31.9 Å². The Hall–Kier alpha value is -0.0200. The van der Waals surface area contributed by atoms with E-state index in [1.165, 1.54) is 54.2 Å². The summed E-state index contributed by atoms with van der Waals surface area (Å²) < 4.78 is 1.21. The quantitative estimate of drug-likeness (QED) is 0.498. The fourth-order valence-electron chi connectivity index (χ4n) is 2.76. The maximum Gasteiger partial charge on any atom is 0.0510 e. The summed E-state index contributed by atoms with van der Waals surface area (Å²) in [6, 6.07) is 7.38. The second-order valence-electron chi connectivity index (χ2n) is 5.18. The van der Waals surface area contributed by atoms with Crippen molar-refractivity contribution in [1.29, 1.82) is 0 Å². The van der Waals surface area contributed by atoms with Crippen LogP contribution in [0, 0.1) is 0 Å². The smallest absolute Gasteiger partial charge is 0.0510 e. The molecule has 100 valence electrons. The molecule has 1 fully saturated rings. The van der Waals surface area contributed by atoms with Crippen molar-refractivity contribution < 1.29 is 0 Å². The van der Waals surface area contributed by atoms with Crippen LogP contribution in [0.25, 0.3) is 0 Å². The molecule has 0 aromatic heterocycles. The fraction of sp³-hybridized carbons (Fsp3) is 0.600. The molecular formula is C15H21Br2N. The van der Waals surface area contributed by atoms with Crippen molar-refractivity contribution in [2.24, 2.45) is 0 Å². The van der Waals surface area contributed by atoms with Gasteiger partial charge in [0, 0.05) is 22.9 Å². The summed E-state index contributed by atoms with van der Waals surface area (Å²) >= 11 is 7.22. The van der Waals surface area contributed by atoms with Crippen molar-refractivity contribution in [3.63, 3.8) is 0 Å². The Labute approximate surface area is 127 Å². The molecule has 18 heavy (non-hydrogen) atoms. The van der Waals surface area contributed by atoms with Crippen LogP contribution in [0.3, 0.4) is 0 Å². The first-order valence-corrected chi connectivity index (χ1v) is 8.71. The van der Waals surface area contributed by atoms with E-state index in [-0.39, 0.29) is 0 Å². The van der Waals surface area contributed by atoms with Crippen molar-refractivity contribution in [2.75, 3.05) is 11.9 Å². The van der Waals surface area contributed by atoms with Gasteiger partial charge in [-0.05, 0) is 46.5 Å². The maximum absolute atomic E-state index is 3.71. The van der Waals surface area contributed by atoms with Crippen LogP contribution in [0.5, 0.6) is 0 Å². The molecule has 1 aliphatic rings. The molecule has 1 aliphatic carbocycles. The zero-order valence-electron chi connectivity index (χ0n) is 11.0. The third-order valence-electron chi connectivity index (χ3n) is 3.92. The largest absolute Gasteiger partial charge is 0.371 e. The molecule has 0 amide bonds. The van der Waals surface area contributed by atoms with Crippen molar-refractivity contribution in [1.82, 2.24) is 0 Å². The highest BCUT2D eigenvalue weighted by Gasteiger charge is 2.18. The molecule has 0 unspecified atom stereocenters. The normalized spacial score (nSPS) is 17.5. The number of hydrogen-bond donors (Lipinski definition) is 0. The van der Waals surface area contributed by atoms with Crippen molar-refractivity contribution in [3.05, 3.63) is 28.2 Å². The predicted molar refractivity (Wildman–Crippen MR) is 86.7 cm³/mol. The first-order chi connectivity index (χ1) is 8.72. The van der Waals surface area contributed by atoms with Crippen LogP contribution in [0.1, 0.15) is 44.1 Å². The Kier molecular flexibility index (Phi) is 5.56. The molecular weight excluding hydrogens is 354 g/mol. The first-order valence-electron chi connectivity index (χ1n) is 6.79. The van der Waals surface area contributed by atoms with Gasteiger partial charge in [0.05, 0.1) is 5.69 Å². The molecule has 1 nitrogen and oxygen atoms in total. The summed E-state index contributed by atoms with van der Waals surface area (Å²) in [5, 5.41) is 0.916. The van der Waals surface area contributed by atoms with Gasteiger partial charge in [0.1, 0.15) is 0 Å². The minimum atomic E-state index is 0.707. The van der Waals surface area contributed by atoms with E-state index in [4.69, 9.17) is 0 Å². The number of hydrogen-bond acceptors (Lipinski definition) is 1. The van der Waals surface area contributed by atoms with E-state index < -0.39 is 0 Å². The molecule has 1 saturated carbocycles. The molecule has 0 atom stereocenters.